The van der Waals surface area contributed by atoms with Crippen molar-refractivity contribution in [2.24, 2.45) is 7.05 Å². The zero-order chi connectivity index (χ0) is 12.4. The molecule has 1 unspecified atom stereocenters. The number of likely N-dealkylation sites (N-methyl/N-ethyl adjacent to an activating group) is 1. The van der Waals surface area contributed by atoms with Gasteiger partial charge in [0, 0.05) is 31.4 Å². The van der Waals surface area contributed by atoms with Crippen LogP contribution in [0.5, 0.6) is 0 Å². The minimum Gasteiger partial charge on any atom is -0.337 e. The molecule has 1 aromatic rings. The molecule has 0 radical (unpaired) electrons. The topological polar surface area (TPSA) is 50.2 Å². The second-order valence-electron chi connectivity index (χ2n) is 4.54. The van der Waals surface area contributed by atoms with E-state index in [0.717, 1.165) is 30.8 Å². The third-order valence-electron chi connectivity index (χ3n) is 3.45. The maximum atomic E-state index is 12.1. The summed E-state index contributed by atoms with van der Waals surface area (Å²) in [6, 6.07) is 0.0111. The monoisotopic (exact) mass is 236 g/mol. The van der Waals surface area contributed by atoms with E-state index in [4.69, 9.17) is 0 Å². The first-order chi connectivity index (χ1) is 8.13. The van der Waals surface area contributed by atoms with Gasteiger partial charge in [-0.1, -0.05) is 6.92 Å². The van der Waals surface area contributed by atoms with Crippen LogP contribution in [0.3, 0.4) is 0 Å². The van der Waals surface area contributed by atoms with Crippen molar-refractivity contribution in [1.82, 2.24) is 20.0 Å². The van der Waals surface area contributed by atoms with Gasteiger partial charge in [-0.05, 0) is 19.9 Å². The van der Waals surface area contributed by atoms with E-state index in [1.807, 2.05) is 36.7 Å². The zero-order valence-corrected chi connectivity index (χ0v) is 10.7. The first-order valence-electron chi connectivity index (χ1n) is 6.13. The molecule has 1 aliphatic rings. The molecule has 1 atom stereocenters. The van der Waals surface area contributed by atoms with Crippen LogP contribution < -0.4 is 5.32 Å². The second kappa shape index (κ2) is 4.87. The van der Waals surface area contributed by atoms with E-state index in [0.29, 0.717) is 6.54 Å². The van der Waals surface area contributed by atoms with Gasteiger partial charge < -0.3 is 10.2 Å². The van der Waals surface area contributed by atoms with Crippen LogP contribution in [0.1, 0.15) is 24.6 Å². The van der Waals surface area contributed by atoms with Crippen LogP contribution in [0.25, 0.3) is 0 Å². The Balaban J connectivity index is 2.01. The molecule has 1 aliphatic heterocycles. The first-order valence-corrected chi connectivity index (χ1v) is 6.13. The van der Waals surface area contributed by atoms with E-state index in [1.54, 1.807) is 0 Å². The molecule has 1 saturated heterocycles. The van der Waals surface area contributed by atoms with E-state index < -0.39 is 0 Å². The summed E-state index contributed by atoms with van der Waals surface area (Å²) >= 11 is 0. The molecular formula is C12H20N4O. The summed E-state index contributed by atoms with van der Waals surface area (Å²) in [5.41, 5.74) is 2.27. The van der Waals surface area contributed by atoms with Crippen LogP contribution in [-0.4, -0.2) is 39.7 Å². The molecule has 2 heterocycles. The number of amides is 1. The highest BCUT2D eigenvalue weighted by molar-refractivity contribution is 5.83. The van der Waals surface area contributed by atoms with E-state index in [9.17, 15) is 4.79 Å². The highest BCUT2D eigenvalue weighted by atomic mass is 16.2. The third-order valence-corrected chi connectivity index (χ3v) is 3.45. The van der Waals surface area contributed by atoms with E-state index in [1.165, 1.54) is 0 Å². The smallest absolute Gasteiger partial charge is 0.240 e. The Labute approximate surface area is 102 Å². The van der Waals surface area contributed by atoms with Gasteiger partial charge in [0.1, 0.15) is 0 Å². The molecule has 5 heteroatoms. The predicted octanol–water partition coefficient (Wildman–Crippen LogP) is 0.439. The SMILES string of the molecule is CCNC1CCN(Cc2cnn(C)c2C)C1=O. The lowest BCUT2D eigenvalue weighted by Gasteiger charge is -2.16. The first kappa shape index (κ1) is 12.1. The summed E-state index contributed by atoms with van der Waals surface area (Å²) in [6.45, 7) is 6.42. The number of aromatic nitrogens is 2. The summed E-state index contributed by atoms with van der Waals surface area (Å²) < 4.78 is 1.84. The maximum absolute atomic E-state index is 12.1. The third kappa shape index (κ3) is 2.34. The van der Waals surface area contributed by atoms with Crippen molar-refractivity contribution < 1.29 is 4.79 Å². The lowest BCUT2D eigenvalue weighted by atomic mass is 10.2. The van der Waals surface area contributed by atoms with Crippen LogP contribution in [0.15, 0.2) is 6.20 Å². The van der Waals surface area contributed by atoms with Gasteiger partial charge >= 0.3 is 0 Å². The van der Waals surface area contributed by atoms with Crippen molar-refractivity contribution in [2.75, 3.05) is 13.1 Å². The Hall–Kier alpha value is -1.36. The van der Waals surface area contributed by atoms with E-state index in [2.05, 4.69) is 10.4 Å². The minimum absolute atomic E-state index is 0.0111. The molecule has 2 rings (SSSR count). The van der Waals surface area contributed by atoms with Gasteiger partial charge in [0.05, 0.1) is 12.2 Å². The minimum atomic E-state index is 0.0111. The molecule has 0 aliphatic carbocycles. The van der Waals surface area contributed by atoms with Gasteiger partial charge in [-0.3, -0.25) is 9.48 Å². The molecule has 94 valence electrons. The molecule has 5 nitrogen and oxygen atoms in total. The molecule has 1 fully saturated rings. The lowest BCUT2D eigenvalue weighted by molar-refractivity contribution is -0.129. The number of carbonyl (C=O) groups excluding carboxylic acids is 1. The van der Waals surface area contributed by atoms with Crippen molar-refractivity contribution in [3.8, 4) is 0 Å². The predicted molar refractivity (Wildman–Crippen MR) is 65.4 cm³/mol. The Bertz CT molecular complexity index is 413. The summed E-state index contributed by atoms with van der Waals surface area (Å²) in [5, 5.41) is 7.42. The van der Waals surface area contributed by atoms with Crippen molar-refractivity contribution in [3.05, 3.63) is 17.5 Å². The van der Waals surface area contributed by atoms with Crippen LogP contribution >= 0.6 is 0 Å². The fourth-order valence-corrected chi connectivity index (χ4v) is 2.24. The number of rotatable bonds is 4. The van der Waals surface area contributed by atoms with E-state index >= 15 is 0 Å². The van der Waals surface area contributed by atoms with Gasteiger partial charge in [0.15, 0.2) is 0 Å². The van der Waals surface area contributed by atoms with Gasteiger partial charge in [0.25, 0.3) is 0 Å². The fourth-order valence-electron chi connectivity index (χ4n) is 2.24. The molecule has 0 spiro atoms. The zero-order valence-electron chi connectivity index (χ0n) is 10.7. The number of hydrogen-bond donors (Lipinski definition) is 1. The lowest BCUT2D eigenvalue weighted by Crippen LogP contribution is -2.37. The normalized spacial score (nSPS) is 20.3. The van der Waals surface area contributed by atoms with Crippen molar-refractivity contribution in [2.45, 2.75) is 32.9 Å². The quantitative estimate of drug-likeness (QED) is 0.825. The molecule has 17 heavy (non-hydrogen) atoms. The average molecular weight is 236 g/mol. The number of carbonyl (C=O) groups is 1. The van der Waals surface area contributed by atoms with Gasteiger partial charge in [-0.15, -0.1) is 0 Å². The standard InChI is InChI=1S/C12H20N4O/c1-4-13-11-5-6-16(12(11)17)8-10-7-14-15(3)9(10)2/h7,11,13H,4-6,8H2,1-3H3. The highest BCUT2D eigenvalue weighted by Gasteiger charge is 2.31. The van der Waals surface area contributed by atoms with Crippen LogP contribution in [0, 0.1) is 6.92 Å². The molecule has 0 bridgehead atoms. The molecule has 0 saturated carbocycles. The Morgan fingerprint density at radius 1 is 1.59 bits per heavy atom. The van der Waals surface area contributed by atoms with Crippen molar-refractivity contribution in [3.63, 3.8) is 0 Å². The van der Waals surface area contributed by atoms with Crippen molar-refractivity contribution in [1.29, 1.82) is 0 Å². The second-order valence-corrected chi connectivity index (χ2v) is 4.54. The van der Waals surface area contributed by atoms with E-state index in [-0.39, 0.29) is 11.9 Å². The number of likely N-dealkylation sites (tertiary alicyclic amines) is 1. The Morgan fingerprint density at radius 3 is 2.94 bits per heavy atom. The molecular weight excluding hydrogens is 216 g/mol. The summed E-state index contributed by atoms with van der Waals surface area (Å²) in [7, 11) is 1.92. The molecule has 1 N–H and O–H groups in total. The largest absolute Gasteiger partial charge is 0.337 e. The van der Waals surface area contributed by atoms with Crippen LogP contribution in [0.2, 0.25) is 0 Å². The fraction of sp³-hybridized carbons (Fsp3) is 0.667. The number of nitrogens with one attached hydrogen (secondary N) is 1. The number of nitrogens with zero attached hydrogens (tertiary/aromatic N) is 3. The van der Waals surface area contributed by atoms with Gasteiger partial charge in [-0.25, -0.2) is 0 Å². The van der Waals surface area contributed by atoms with Gasteiger partial charge in [0.2, 0.25) is 5.91 Å². The number of aryl methyl sites for hydroxylation is 1. The number of hydrogen-bond acceptors (Lipinski definition) is 3. The molecule has 1 amide bonds. The Kier molecular flexibility index (Phi) is 3.47. The van der Waals surface area contributed by atoms with Gasteiger partial charge in [-0.2, -0.15) is 5.10 Å². The Morgan fingerprint density at radius 2 is 2.35 bits per heavy atom. The average Bonchev–Trinajstić information content (AvgIpc) is 2.80. The molecule has 1 aromatic heterocycles. The van der Waals surface area contributed by atoms with Crippen molar-refractivity contribution >= 4 is 5.91 Å². The summed E-state index contributed by atoms with van der Waals surface area (Å²) in [6.07, 6.45) is 2.76. The summed E-state index contributed by atoms with van der Waals surface area (Å²) in [5.74, 6) is 0.218. The van der Waals surface area contributed by atoms with Crippen LogP contribution in [-0.2, 0) is 18.4 Å². The highest BCUT2D eigenvalue weighted by Crippen LogP contribution is 2.16. The summed E-state index contributed by atoms with van der Waals surface area (Å²) in [4.78, 5) is 14.0. The van der Waals surface area contributed by atoms with Crippen LogP contribution in [0.4, 0.5) is 0 Å². The molecule has 0 aromatic carbocycles. The maximum Gasteiger partial charge on any atom is 0.240 e.